The van der Waals surface area contributed by atoms with Gasteiger partial charge in [0.1, 0.15) is 18.1 Å². The molecule has 0 atom stereocenters. The first kappa shape index (κ1) is 20.1. The first-order valence-electron chi connectivity index (χ1n) is 9.10. The number of carbonyl (C=O) groups excluding carboxylic acids is 1. The molecule has 0 saturated carbocycles. The summed E-state index contributed by atoms with van der Waals surface area (Å²) < 4.78 is 12.9. The minimum atomic E-state index is -0.369. The van der Waals surface area contributed by atoms with Crippen molar-refractivity contribution in [1.82, 2.24) is 9.78 Å². The SMILES string of the molecule is O=C(Nc1cnn(Cc2cccc(Cl)c2)c1)c1ccc(COc2cccc(Cl)c2)o1. The fourth-order valence-corrected chi connectivity index (χ4v) is 3.21. The van der Waals surface area contributed by atoms with E-state index in [0.29, 0.717) is 33.8 Å². The Labute approximate surface area is 183 Å². The van der Waals surface area contributed by atoms with E-state index in [9.17, 15) is 4.79 Å². The first-order chi connectivity index (χ1) is 14.5. The number of nitrogens with zero attached hydrogens (tertiary/aromatic N) is 2. The Balaban J connectivity index is 1.34. The highest BCUT2D eigenvalue weighted by Crippen LogP contribution is 2.19. The summed E-state index contributed by atoms with van der Waals surface area (Å²) in [5, 5.41) is 8.28. The van der Waals surface area contributed by atoms with Gasteiger partial charge in [0.2, 0.25) is 0 Å². The molecule has 1 N–H and O–H groups in total. The molecule has 6 nitrogen and oxygen atoms in total. The van der Waals surface area contributed by atoms with E-state index in [1.165, 1.54) is 0 Å². The van der Waals surface area contributed by atoms with E-state index in [2.05, 4.69) is 10.4 Å². The third-order valence-corrected chi connectivity index (χ3v) is 4.66. The Morgan fingerprint density at radius 1 is 1.07 bits per heavy atom. The smallest absolute Gasteiger partial charge is 0.291 e. The van der Waals surface area contributed by atoms with Crippen molar-refractivity contribution < 1.29 is 13.9 Å². The van der Waals surface area contributed by atoms with Crippen LogP contribution in [0.3, 0.4) is 0 Å². The molecule has 4 aromatic rings. The highest BCUT2D eigenvalue weighted by Gasteiger charge is 2.13. The number of halogens is 2. The molecule has 2 aromatic carbocycles. The lowest BCUT2D eigenvalue weighted by Gasteiger charge is -2.04. The van der Waals surface area contributed by atoms with E-state index in [0.717, 1.165) is 5.56 Å². The molecule has 0 aliphatic carbocycles. The summed E-state index contributed by atoms with van der Waals surface area (Å²) in [6.07, 6.45) is 3.32. The largest absolute Gasteiger partial charge is 0.486 e. The number of benzene rings is 2. The number of nitrogens with one attached hydrogen (secondary N) is 1. The van der Waals surface area contributed by atoms with Crippen molar-refractivity contribution in [3.05, 3.63) is 100 Å². The van der Waals surface area contributed by atoms with Crippen LogP contribution in [-0.2, 0) is 13.2 Å². The van der Waals surface area contributed by atoms with Gasteiger partial charge < -0.3 is 14.5 Å². The van der Waals surface area contributed by atoms with E-state index in [1.54, 1.807) is 53.5 Å². The summed E-state index contributed by atoms with van der Waals surface area (Å²) in [6, 6.07) is 17.9. The monoisotopic (exact) mass is 441 g/mol. The molecule has 0 radical (unpaired) electrons. The standard InChI is InChI=1S/C22H17Cl2N3O3/c23-16-4-1-3-15(9-16)12-27-13-18(11-25-27)26-22(28)21-8-7-20(30-21)14-29-19-6-2-5-17(24)10-19/h1-11,13H,12,14H2,(H,26,28). The predicted molar refractivity (Wildman–Crippen MR) is 115 cm³/mol. The molecule has 0 unspecified atom stereocenters. The van der Waals surface area contributed by atoms with Crippen molar-refractivity contribution >= 4 is 34.8 Å². The Bertz CT molecular complexity index is 1170. The zero-order valence-corrected chi connectivity index (χ0v) is 17.2. The van der Waals surface area contributed by atoms with Gasteiger partial charge in [-0.05, 0) is 48.0 Å². The second-order valence-electron chi connectivity index (χ2n) is 6.52. The van der Waals surface area contributed by atoms with Crippen molar-refractivity contribution in [2.24, 2.45) is 0 Å². The summed E-state index contributed by atoms with van der Waals surface area (Å²) in [5.74, 6) is 0.961. The van der Waals surface area contributed by atoms with Gasteiger partial charge in [0.15, 0.2) is 5.76 Å². The zero-order valence-electron chi connectivity index (χ0n) is 15.7. The first-order valence-corrected chi connectivity index (χ1v) is 9.86. The maximum absolute atomic E-state index is 12.4. The molecular weight excluding hydrogens is 425 g/mol. The number of carbonyl (C=O) groups is 1. The summed E-state index contributed by atoms with van der Waals surface area (Å²) in [6.45, 7) is 0.730. The van der Waals surface area contributed by atoms with Crippen molar-refractivity contribution in [3.63, 3.8) is 0 Å². The molecule has 8 heteroatoms. The fourth-order valence-electron chi connectivity index (χ4n) is 2.82. The molecule has 4 rings (SSSR count). The number of anilines is 1. The van der Waals surface area contributed by atoms with Crippen LogP contribution in [-0.4, -0.2) is 15.7 Å². The Morgan fingerprint density at radius 3 is 2.67 bits per heavy atom. The molecule has 1 amide bonds. The molecule has 0 aliphatic heterocycles. The van der Waals surface area contributed by atoms with Crippen LogP contribution in [0.15, 0.2) is 77.5 Å². The second kappa shape index (κ2) is 9.07. The summed E-state index contributed by atoms with van der Waals surface area (Å²) in [7, 11) is 0. The van der Waals surface area contributed by atoms with Crippen LogP contribution < -0.4 is 10.1 Å². The molecule has 152 valence electrons. The lowest BCUT2D eigenvalue weighted by atomic mass is 10.2. The molecule has 0 spiro atoms. The number of hydrogen-bond acceptors (Lipinski definition) is 4. The molecule has 30 heavy (non-hydrogen) atoms. The third kappa shape index (κ3) is 5.23. The van der Waals surface area contributed by atoms with Gasteiger partial charge in [-0.1, -0.05) is 41.4 Å². The quantitative estimate of drug-likeness (QED) is 0.401. The summed E-state index contributed by atoms with van der Waals surface area (Å²) in [4.78, 5) is 12.4. The van der Waals surface area contributed by atoms with Crippen LogP contribution in [0, 0.1) is 0 Å². The van der Waals surface area contributed by atoms with E-state index in [4.69, 9.17) is 32.4 Å². The van der Waals surface area contributed by atoms with Crippen LogP contribution in [0.25, 0.3) is 0 Å². The number of furan rings is 1. The second-order valence-corrected chi connectivity index (χ2v) is 7.40. The lowest BCUT2D eigenvalue weighted by molar-refractivity contribution is 0.0992. The van der Waals surface area contributed by atoms with Crippen molar-refractivity contribution in [1.29, 1.82) is 0 Å². The average Bonchev–Trinajstić information content (AvgIpc) is 3.36. The summed E-state index contributed by atoms with van der Waals surface area (Å²) >= 11 is 11.9. The molecular formula is C22H17Cl2N3O3. The summed E-state index contributed by atoms with van der Waals surface area (Å²) in [5.41, 5.74) is 1.58. The molecule has 0 saturated heterocycles. The van der Waals surface area contributed by atoms with Crippen LogP contribution >= 0.6 is 23.2 Å². The maximum Gasteiger partial charge on any atom is 0.291 e. The van der Waals surface area contributed by atoms with Gasteiger partial charge >= 0.3 is 0 Å². The van der Waals surface area contributed by atoms with Crippen molar-refractivity contribution in [3.8, 4) is 5.75 Å². The zero-order chi connectivity index (χ0) is 20.9. The van der Waals surface area contributed by atoms with Crippen LogP contribution in [0.4, 0.5) is 5.69 Å². The van der Waals surface area contributed by atoms with Gasteiger partial charge in [0.05, 0.1) is 18.4 Å². The highest BCUT2D eigenvalue weighted by molar-refractivity contribution is 6.30. The van der Waals surface area contributed by atoms with E-state index in [1.807, 2.05) is 24.3 Å². The van der Waals surface area contributed by atoms with Gasteiger partial charge in [-0.25, -0.2) is 0 Å². The van der Waals surface area contributed by atoms with E-state index < -0.39 is 0 Å². The molecule has 0 bridgehead atoms. The molecule has 2 aromatic heterocycles. The maximum atomic E-state index is 12.4. The van der Waals surface area contributed by atoms with E-state index >= 15 is 0 Å². The van der Waals surface area contributed by atoms with Crippen LogP contribution in [0.1, 0.15) is 21.9 Å². The van der Waals surface area contributed by atoms with Gasteiger partial charge in [0, 0.05) is 16.2 Å². The topological polar surface area (TPSA) is 69.3 Å². The molecule has 2 heterocycles. The third-order valence-electron chi connectivity index (χ3n) is 4.19. The van der Waals surface area contributed by atoms with Crippen molar-refractivity contribution in [2.75, 3.05) is 5.32 Å². The van der Waals surface area contributed by atoms with Gasteiger partial charge in [-0.2, -0.15) is 5.10 Å². The van der Waals surface area contributed by atoms with Crippen LogP contribution in [0.5, 0.6) is 5.75 Å². The number of rotatable bonds is 7. The minimum absolute atomic E-state index is 0.183. The van der Waals surface area contributed by atoms with Gasteiger partial charge in [-0.3, -0.25) is 9.48 Å². The lowest BCUT2D eigenvalue weighted by Crippen LogP contribution is -2.10. The van der Waals surface area contributed by atoms with Gasteiger partial charge in [-0.15, -0.1) is 0 Å². The normalized spacial score (nSPS) is 10.7. The number of aromatic nitrogens is 2. The molecule has 0 fully saturated rings. The Morgan fingerprint density at radius 2 is 1.87 bits per heavy atom. The Kier molecular flexibility index (Phi) is 6.07. The van der Waals surface area contributed by atoms with Crippen molar-refractivity contribution in [2.45, 2.75) is 13.2 Å². The highest BCUT2D eigenvalue weighted by atomic mass is 35.5. The number of amides is 1. The number of hydrogen-bond donors (Lipinski definition) is 1. The van der Waals surface area contributed by atoms with E-state index in [-0.39, 0.29) is 18.3 Å². The predicted octanol–water partition coefficient (Wildman–Crippen LogP) is 5.66. The average molecular weight is 442 g/mol. The minimum Gasteiger partial charge on any atom is -0.486 e. The fraction of sp³-hybridized carbons (Fsp3) is 0.0909. The van der Waals surface area contributed by atoms with Crippen LogP contribution in [0.2, 0.25) is 10.0 Å². The molecule has 0 aliphatic rings. The number of ether oxygens (including phenoxy) is 1. The van der Waals surface area contributed by atoms with Gasteiger partial charge in [0.25, 0.3) is 5.91 Å². The Hall–Kier alpha value is -3.22.